The Hall–Kier alpha value is -2.34. The first-order valence-electron chi connectivity index (χ1n) is 7.04. The lowest BCUT2D eigenvalue weighted by Gasteiger charge is -2.14. The van der Waals surface area contributed by atoms with Crippen LogP contribution in [0.3, 0.4) is 0 Å². The molecular formula is C15H21N5O. The maximum Gasteiger partial charge on any atom is 0.319 e. The van der Waals surface area contributed by atoms with E-state index in [-0.39, 0.29) is 12.1 Å². The summed E-state index contributed by atoms with van der Waals surface area (Å²) in [6.07, 6.45) is 3.26. The molecule has 1 aromatic heterocycles. The van der Waals surface area contributed by atoms with Gasteiger partial charge in [0.1, 0.15) is 0 Å². The van der Waals surface area contributed by atoms with Gasteiger partial charge in [0.25, 0.3) is 0 Å². The van der Waals surface area contributed by atoms with Crippen molar-refractivity contribution in [1.29, 1.82) is 0 Å². The van der Waals surface area contributed by atoms with Crippen LogP contribution in [0.1, 0.15) is 31.1 Å². The van der Waals surface area contributed by atoms with E-state index in [4.69, 9.17) is 0 Å². The number of benzene rings is 1. The number of carbonyl (C=O) groups is 1. The van der Waals surface area contributed by atoms with Gasteiger partial charge in [0.2, 0.25) is 0 Å². The highest BCUT2D eigenvalue weighted by Gasteiger charge is 2.06. The molecule has 2 aromatic rings. The number of rotatable bonds is 6. The van der Waals surface area contributed by atoms with E-state index in [9.17, 15) is 4.79 Å². The van der Waals surface area contributed by atoms with Crippen molar-refractivity contribution in [1.82, 2.24) is 20.6 Å². The minimum atomic E-state index is -0.238. The summed E-state index contributed by atoms with van der Waals surface area (Å²) in [5, 5.41) is 8.95. The summed E-state index contributed by atoms with van der Waals surface area (Å²) < 4.78 is 0. The van der Waals surface area contributed by atoms with Crippen LogP contribution >= 0.6 is 0 Å². The molecule has 1 aromatic carbocycles. The fourth-order valence-corrected chi connectivity index (χ4v) is 2.04. The number of anilines is 1. The van der Waals surface area contributed by atoms with Crippen LogP contribution in [0.15, 0.2) is 36.8 Å². The molecule has 0 radical (unpaired) electrons. The average molecular weight is 287 g/mol. The molecular weight excluding hydrogens is 266 g/mol. The number of aromatic amines is 1. The predicted molar refractivity (Wildman–Crippen MR) is 83.0 cm³/mol. The predicted octanol–water partition coefficient (Wildman–Crippen LogP) is 2.40. The number of urea groups is 1. The monoisotopic (exact) mass is 287 g/mol. The van der Waals surface area contributed by atoms with Crippen LogP contribution in [0.25, 0.3) is 0 Å². The molecule has 0 saturated carbocycles. The Morgan fingerprint density at radius 1 is 1.43 bits per heavy atom. The molecule has 2 amide bonds. The maximum absolute atomic E-state index is 11.8. The van der Waals surface area contributed by atoms with E-state index in [2.05, 4.69) is 39.8 Å². The van der Waals surface area contributed by atoms with Gasteiger partial charge in [-0.05, 0) is 31.2 Å². The van der Waals surface area contributed by atoms with Crippen LogP contribution < -0.4 is 16.0 Å². The van der Waals surface area contributed by atoms with E-state index in [1.165, 1.54) is 0 Å². The Morgan fingerprint density at radius 3 is 3.00 bits per heavy atom. The normalized spacial score (nSPS) is 11.9. The van der Waals surface area contributed by atoms with E-state index in [0.717, 1.165) is 23.5 Å². The quantitative estimate of drug-likeness (QED) is 0.658. The van der Waals surface area contributed by atoms with E-state index in [0.29, 0.717) is 6.54 Å². The average Bonchev–Trinajstić information content (AvgIpc) is 2.99. The Labute approximate surface area is 124 Å². The van der Waals surface area contributed by atoms with E-state index in [1.54, 1.807) is 12.5 Å². The van der Waals surface area contributed by atoms with Gasteiger partial charge in [-0.3, -0.25) is 0 Å². The standard InChI is InChI=1S/C15H21N5O/c1-3-17-11(2)12-5-4-6-13(7-12)20-15(21)18-9-14-8-16-10-19-14/h4-8,10-11,17H,3,9H2,1-2H3,(H,16,19)(H2,18,20,21). The summed E-state index contributed by atoms with van der Waals surface area (Å²) in [7, 11) is 0. The van der Waals surface area contributed by atoms with Gasteiger partial charge in [-0.25, -0.2) is 9.78 Å². The third-order valence-corrected chi connectivity index (χ3v) is 3.15. The summed E-state index contributed by atoms with van der Waals surface area (Å²) in [6, 6.07) is 7.85. The molecule has 6 heteroatoms. The minimum absolute atomic E-state index is 0.238. The zero-order chi connectivity index (χ0) is 15.1. The Morgan fingerprint density at radius 2 is 2.29 bits per heavy atom. The van der Waals surface area contributed by atoms with Gasteiger partial charge < -0.3 is 20.9 Å². The van der Waals surface area contributed by atoms with Crippen LogP contribution in [0, 0.1) is 0 Å². The van der Waals surface area contributed by atoms with Gasteiger partial charge in [-0.15, -0.1) is 0 Å². The highest BCUT2D eigenvalue weighted by Crippen LogP contribution is 2.17. The van der Waals surface area contributed by atoms with Crippen molar-refractivity contribution in [2.24, 2.45) is 0 Å². The van der Waals surface area contributed by atoms with Crippen molar-refractivity contribution >= 4 is 11.7 Å². The topological polar surface area (TPSA) is 81.8 Å². The third-order valence-electron chi connectivity index (χ3n) is 3.15. The van der Waals surface area contributed by atoms with Crippen molar-refractivity contribution in [3.05, 3.63) is 48.0 Å². The van der Waals surface area contributed by atoms with Crippen LogP contribution in [0.5, 0.6) is 0 Å². The number of nitrogens with one attached hydrogen (secondary N) is 4. The fraction of sp³-hybridized carbons (Fsp3) is 0.333. The van der Waals surface area contributed by atoms with Crippen LogP contribution in [-0.4, -0.2) is 22.5 Å². The molecule has 6 nitrogen and oxygen atoms in total. The van der Waals surface area contributed by atoms with Gasteiger partial charge >= 0.3 is 6.03 Å². The van der Waals surface area contributed by atoms with Gasteiger partial charge in [0, 0.05) is 17.9 Å². The second-order valence-corrected chi connectivity index (χ2v) is 4.79. The summed E-state index contributed by atoms with van der Waals surface area (Å²) in [5.74, 6) is 0. The third kappa shape index (κ3) is 4.61. The van der Waals surface area contributed by atoms with Crippen LogP contribution in [0.4, 0.5) is 10.5 Å². The number of hydrogen-bond acceptors (Lipinski definition) is 3. The minimum Gasteiger partial charge on any atom is -0.347 e. The number of nitrogens with zero attached hydrogens (tertiary/aromatic N) is 1. The smallest absolute Gasteiger partial charge is 0.319 e. The zero-order valence-corrected chi connectivity index (χ0v) is 12.3. The number of aromatic nitrogens is 2. The second-order valence-electron chi connectivity index (χ2n) is 4.79. The zero-order valence-electron chi connectivity index (χ0n) is 12.3. The summed E-state index contributed by atoms with van der Waals surface area (Å²) in [5.41, 5.74) is 2.78. The van der Waals surface area contributed by atoms with Crippen LogP contribution in [0.2, 0.25) is 0 Å². The molecule has 21 heavy (non-hydrogen) atoms. The molecule has 0 fully saturated rings. The first-order valence-corrected chi connectivity index (χ1v) is 7.04. The number of imidazole rings is 1. The molecule has 0 bridgehead atoms. The molecule has 112 valence electrons. The summed E-state index contributed by atoms with van der Waals surface area (Å²) >= 11 is 0. The van der Waals surface area contributed by atoms with Gasteiger partial charge in [0.15, 0.2) is 0 Å². The van der Waals surface area contributed by atoms with E-state index < -0.39 is 0 Å². The first-order chi connectivity index (χ1) is 10.2. The molecule has 0 aliphatic rings. The van der Waals surface area contributed by atoms with Crippen molar-refractivity contribution in [2.45, 2.75) is 26.4 Å². The number of amides is 2. The SMILES string of the molecule is CCNC(C)c1cccc(NC(=O)NCc2cnc[nH]2)c1. The Bertz CT molecular complexity index is 567. The van der Waals surface area contributed by atoms with Gasteiger partial charge in [-0.1, -0.05) is 19.1 Å². The van der Waals surface area contributed by atoms with Crippen LogP contribution in [-0.2, 0) is 6.54 Å². The summed E-state index contributed by atoms with van der Waals surface area (Å²) in [6.45, 7) is 5.49. The van der Waals surface area contributed by atoms with Crippen molar-refractivity contribution in [2.75, 3.05) is 11.9 Å². The Kier molecular flexibility index (Phi) is 5.34. The lowest BCUT2D eigenvalue weighted by molar-refractivity contribution is 0.251. The number of H-pyrrole nitrogens is 1. The van der Waals surface area contributed by atoms with Crippen molar-refractivity contribution < 1.29 is 4.79 Å². The Balaban J connectivity index is 1.89. The van der Waals surface area contributed by atoms with Gasteiger partial charge in [-0.2, -0.15) is 0 Å². The van der Waals surface area contributed by atoms with E-state index in [1.807, 2.05) is 24.3 Å². The lowest BCUT2D eigenvalue weighted by atomic mass is 10.1. The van der Waals surface area contributed by atoms with Crippen molar-refractivity contribution in [3.63, 3.8) is 0 Å². The molecule has 4 N–H and O–H groups in total. The van der Waals surface area contributed by atoms with Crippen molar-refractivity contribution in [3.8, 4) is 0 Å². The largest absolute Gasteiger partial charge is 0.347 e. The van der Waals surface area contributed by atoms with E-state index >= 15 is 0 Å². The van der Waals surface area contributed by atoms with Gasteiger partial charge in [0.05, 0.1) is 18.6 Å². The fourth-order valence-electron chi connectivity index (χ4n) is 2.04. The number of carbonyl (C=O) groups excluding carboxylic acids is 1. The molecule has 1 atom stereocenters. The molecule has 1 heterocycles. The molecule has 0 saturated heterocycles. The molecule has 1 unspecified atom stereocenters. The highest BCUT2D eigenvalue weighted by atomic mass is 16.2. The maximum atomic E-state index is 11.8. The molecule has 0 spiro atoms. The highest BCUT2D eigenvalue weighted by molar-refractivity contribution is 5.89. The number of hydrogen-bond donors (Lipinski definition) is 4. The lowest BCUT2D eigenvalue weighted by Crippen LogP contribution is -2.28. The second kappa shape index (κ2) is 7.44. The first kappa shape index (κ1) is 15.1. The molecule has 0 aliphatic heterocycles. The molecule has 2 rings (SSSR count). The summed E-state index contributed by atoms with van der Waals surface area (Å²) in [4.78, 5) is 18.7. The molecule has 0 aliphatic carbocycles.